The molecule has 0 aromatic rings. The first-order valence-corrected chi connectivity index (χ1v) is 8.96. The summed E-state index contributed by atoms with van der Waals surface area (Å²) in [4.78, 5) is 2.72. The molecule has 20 heavy (non-hydrogen) atoms. The smallest absolute Gasteiger partial charge is 0.0278 e. The highest BCUT2D eigenvalue weighted by Gasteiger charge is 2.34. The topological polar surface area (TPSA) is 15.3 Å². The molecule has 1 rings (SSSR count). The maximum atomic E-state index is 3.72. The molecule has 1 aliphatic rings. The van der Waals surface area contributed by atoms with E-state index in [9.17, 15) is 0 Å². The van der Waals surface area contributed by atoms with Gasteiger partial charge in [-0.25, -0.2) is 0 Å². The van der Waals surface area contributed by atoms with Gasteiger partial charge in [0.1, 0.15) is 0 Å². The van der Waals surface area contributed by atoms with Crippen LogP contribution < -0.4 is 5.32 Å². The Morgan fingerprint density at radius 2 is 1.65 bits per heavy atom. The SMILES string of the molecule is CCCCCCCCCN1CC(C(C)C)NCC1(C)C. The molecule has 1 N–H and O–H groups in total. The summed E-state index contributed by atoms with van der Waals surface area (Å²) in [6, 6.07) is 0.674. The number of piperazine rings is 1. The van der Waals surface area contributed by atoms with Gasteiger partial charge in [-0.2, -0.15) is 0 Å². The molecule has 120 valence electrons. The molecule has 2 nitrogen and oxygen atoms in total. The number of rotatable bonds is 9. The van der Waals surface area contributed by atoms with Crippen molar-refractivity contribution >= 4 is 0 Å². The summed E-state index contributed by atoms with van der Waals surface area (Å²) in [5.74, 6) is 0.739. The zero-order valence-corrected chi connectivity index (χ0v) is 14.7. The molecular formula is C18H38N2. The molecule has 2 heteroatoms. The average molecular weight is 283 g/mol. The molecule has 0 aromatic heterocycles. The second-order valence-electron chi connectivity index (χ2n) is 7.61. The number of nitrogens with zero attached hydrogens (tertiary/aromatic N) is 1. The van der Waals surface area contributed by atoms with Crippen LogP contribution in [0.25, 0.3) is 0 Å². The minimum Gasteiger partial charge on any atom is -0.311 e. The molecule has 1 aliphatic heterocycles. The van der Waals surface area contributed by atoms with E-state index in [0.717, 1.165) is 12.5 Å². The molecule has 1 heterocycles. The summed E-state index contributed by atoms with van der Waals surface area (Å²) in [6.07, 6.45) is 9.86. The van der Waals surface area contributed by atoms with Crippen LogP contribution in [0.5, 0.6) is 0 Å². The highest BCUT2D eigenvalue weighted by molar-refractivity contribution is 4.93. The van der Waals surface area contributed by atoms with E-state index >= 15 is 0 Å². The van der Waals surface area contributed by atoms with Crippen molar-refractivity contribution in [1.82, 2.24) is 10.2 Å². The zero-order chi connectivity index (χ0) is 15.0. The first-order valence-electron chi connectivity index (χ1n) is 8.96. The zero-order valence-electron chi connectivity index (χ0n) is 14.7. The van der Waals surface area contributed by atoms with Gasteiger partial charge in [-0.3, -0.25) is 4.90 Å². The molecule has 0 saturated carbocycles. The Kier molecular flexibility index (Phi) is 8.13. The van der Waals surface area contributed by atoms with E-state index in [1.165, 1.54) is 58.0 Å². The van der Waals surface area contributed by atoms with Crippen molar-refractivity contribution in [2.24, 2.45) is 5.92 Å². The lowest BCUT2D eigenvalue weighted by atomic mass is 9.92. The minimum atomic E-state index is 0.327. The molecule has 0 spiro atoms. The van der Waals surface area contributed by atoms with Gasteiger partial charge in [0, 0.05) is 24.7 Å². The maximum absolute atomic E-state index is 3.72. The molecule has 1 fully saturated rings. The first-order chi connectivity index (χ1) is 9.47. The fraction of sp³-hybridized carbons (Fsp3) is 1.00. The Morgan fingerprint density at radius 1 is 1.05 bits per heavy atom. The first kappa shape index (κ1) is 18.0. The van der Waals surface area contributed by atoms with Gasteiger partial charge in [0.05, 0.1) is 0 Å². The molecule has 1 atom stereocenters. The van der Waals surface area contributed by atoms with E-state index in [-0.39, 0.29) is 0 Å². The lowest BCUT2D eigenvalue weighted by Crippen LogP contribution is -2.63. The van der Waals surface area contributed by atoms with Gasteiger partial charge in [0.2, 0.25) is 0 Å². The molecule has 0 amide bonds. The van der Waals surface area contributed by atoms with E-state index in [0.29, 0.717) is 11.6 Å². The van der Waals surface area contributed by atoms with Crippen molar-refractivity contribution in [1.29, 1.82) is 0 Å². The monoisotopic (exact) mass is 282 g/mol. The van der Waals surface area contributed by atoms with Crippen molar-refractivity contribution in [3.63, 3.8) is 0 Å². The summed E-state index contributed by atoms with van der Waals surface area (Å²) in [5, 5.41) is 3.72. The highest BCUT2D eigenvalue weighted by atomic mass is 15.3. The Labute approximate surface area is 127 Å². The van der Waals surface area contributed by atoms with Crippen LogP contribution in [0.2, 0.25) is 0 Å². The quantitative estimate of drug-likeness (QED) is 0.629. The van der Waals surface area contributed by atoms with Crippen LogP contribution in [-0.2, 0) is 0 Å². The van der Waals surface area contributed by atoms with Crippen LogP contribution in [-0.4, -0.2) is 36.1 Å². The summed E-state index contributed by atoms with van der Waals surface area (Å²) in [6.45, 7) is 15.4. The number of hydrogen-bond donors (Lipinski definition) is 1. The van der Waals surface area contributed by atoms with Crippen LogP contribution in [0.15, 0.2) is 0 Å². The fourth-order valence-corrected chi connectivity index (χ4v) is 3.14. The molecule has 0 bridgehead atoms. The van der Waals surface area contributed by atoms with Crippen molar-refractivity contribution in [2.45, 2.75) is 91.1 Å². The summed E-state index contributed by atoms with van der Waals surface area (Å²) in [5.41, 5.74) is 0.327. The van der Waals surface area contributed by atoms with E-state index in [1.54, 1.807) is 0 Å². The lowest BCUT2D eigenvalue weighted by Gasteiger charge is -2.47. The van der Waals surface area contributed by atoms with Gasteiger partial charge in [-0.1, -0.05) is 59.3 Å². The van der Waals surface area contributed by atoms with E-state index in [2.05, 4.69) is 44.8 Å². The van der Waals surface area contributed by atoms with Crippen molar-refractivity contribution in [2.75, 3.05) is 19.6 Å². The van der Waals surface area contributed by atoms with Gasteiger partial charge >= 0.3 is 0 Å². The Hall–Kier alpha value is -0.0800. The van der Waals surface area contributed by atoms with Gasteiger partial charge in [0.25, 0.3) is 0 Å². The molecular weight excluding hydrogens is 244 g/mol. The second kappa shape index (κ2) is 9.04. The van der Waals surface area contributed by atoms with E-state index < -0.39 is 0 Å². The number of unbranched alkanes of at least 4 members (excludes halogenated alkanes) is 6. The van der Waals surface area contributed by atoms with E-state index in [4.69, 9.17) is 0 Å². The van der Waals surface area contributed by atoms with Crippen LogP contribution in [0.4, 0.5) is 0 Å². The van der Waals surface area contributed by atoms with Gasteiger partial charge < -0.3 is 5.32 Å². The summed E-state index contributed by atoms with van der Waals surface area (Å²) < 4.78 is 0. The van der Waals surface area contributed by atoms with Gasteiger partial charge in [-0.05, 0) is 32.7 Å². The van der Waals surface area contributed by atoms with Crippen molar-refractivity contribution in [3.05, 3.63) is 0 Å². The normalized spacial score (nSPS) is 23.4. The summed E-state index contributed by atoms with van der Waals surface area (Å²) >= 11 is 0. The highest BCUT2D eigenvalue weighted by Crippen LogP contribution is 2.22. The van der Waals surface area contributed by atoms with E-state index in [1.807, 2.05) is 0 Å². The van der Waals surface area contributed by atoms with Gasteiger partial charge in [0.15, 0.2) is 0 Å². The molecule has 1 saturated heterocycles. The molecule has 0 aliphatic carbocycles. The maximum Gasteiger partial charge on any atom is 0.0278 e. The van der Waals surface area contributed by atoms with Crippen molar-refractivity contribution < 1.29 is 0 Å². The third kappa shape index (κ3) is 6.13. The van der Waals surface area contributed by atoms with Crippen LogP contribution in [0.3, 0.4) is 0 Å². The Morgan fingerprint density at radius 3 is 2.25 bits per heavy atom. The minimum absolute atomic E-state index is 0.327. The third-order valence-electron chi connectivity index (χ3n) is 4.91. The predicted octanol–water partition coefficient (Wildman–Crippen LogP) is 4.45. The molecule has 0 aromatic carbocycles. The molecule has 0 radical (unpaired) electrons. The van der Waals surface area contributed by atoms with Gasteiger partial charge in [-0.15, -0.1) is 0 Å². The van der Waals surface area contributed by atoms with Crippen LogP contribution in [0.1, 0.15) is 79.6 Å². The second-order valence-corrected chi connectivity index (χ2v) is 7.61. The largest absolute Gasteiger partial charge is 0.311 e. The van der Waals surface area contributed by atoms with Crippen molar-refractivity contribution in [3.8, 4) is 0 Å². The van der Waals surface area contributed by atoms with Crippen LogP contribution >= 0.6 is 0 Å². The predicted molar refractivity (Wildman–Crippen MR) is 90.3 cm³/mol. The number of nitrogens with one attached hydrogen (secondary N) is 1. The number of hydrogen-bond acceptors (Lipinski definition) is 2. The van der Waals surface area contributed by atoms with Crippen LogP contribution in [0, 0.1) is 5.92 Å². The fourth-order valence-electron chi connectivity index (χ4n) is 3.14. The Balaban J connectivity index is 2.22. The Bertz CT molecular complexity index is 248. The third-order valence-corrected chi connectivity index (χ3v) is 4.91. The average Bonchev–Trinajstić information content (AvgIpc) is 2.38. The summed E-state index contributed by atoms with van der Waals surface area (Å²) in [7, 11) is 0. The lowest BCUT2D eigenvalue weighted by molar-refractivity contribution is 0.0530. The molecule has 1 unspecified atom stereocenters. The standard InChI is InChI=1S/C18H38N2/c1-6-7-8-9-10-11-12-13-20-14-17(16(2)3)19-15-18(20,4)5/h16-17,19H,6-15H2,1-5H3.